The molecule has 0 aliphatic carbocycles. The predicted octanol–water partition coefficient (Wildman–Crippen LogP) is 4.80. The van der Waals surface area contributed by atoms with Gasteiger partial charge in [0.2, 0.25) is 0 Å². The summed E-state index contributed by atoms with van der Waals surface area (Å²) in [5.74, 6) is 0.938. The molecule has 156 valence electrons. The fraction of sp³-hybridized carbons (Fsp3) is 0.650. The van der Waals surface area contributed by atoms with E-state index < -0.39 is 11.2 Å². The van der Waals surface area contributed by atoms with Crippen LogP contribution < -0.4 is 11.2 Å². The highest BCUT2D eigenvalue weighted by molar-refractivity contribution is 7.99. The minimum atomic E-state index is -0.453. The van der Waals surface area contributed by atoms with E-state index in [4.69, 9.17) is 11.6 Å². The van der Waals surface area contributed by atoms with Crippen LogP contribution in [0.5, 0.6) is 0 Å². The molecule has 0 atom stereocenters. The summed E-state index contributed by atoms with van der Waals surface area (Å²) < 4.78 is 3.22. The van der Waals surface area contributed by atoms with Gasteiger partial charge in [0.1, 0.15) is 0 Å². The van der Waals surface area contributed by atoms with Crippen molar-refractivity contribution in [2.75, 3.05) is 5.75 Å². The molecule has 8 heteroatoms. The Labute approximate surface area is 175 Å². The number of aromatic amines is 1. The lowest BCUT2D eigenvalue weighted by Gasteiger charge is -2.06. The summed E-state index contributed by atoms with van der Waals surface area (Å²) in [7, 11) is 1.62. The number of nitrogens with zero attached hydrogens (tertiary/aromatic N) is 3. The monoisotopic (exact) mass is 426 g/mol. The fourth-order valence-electron chi connectivity index (χ4n) is 3.11. The second-order valence-corrected chi connectivity index (χ2v) is 8.77. The number of halogens is 1. The Hall–Kier alpha value is -1.47. The number of aryl methyl sites for hydroxylation is 1. The lowest BCUT2D eigenvalue weighted by Crippen LogP contribution is -2.29. The summed E-state index contributed by atoms with van der Waals surface area (Å²) >= 11 is 7.61. The standard InChI is InChI=1S/C20H31ClN4O2S/c1-4-5-6-7-8-9-10-11-14-28-20-22-17-16(25(20)13-12-15(2)21)18(26)23-19(27)24(17)3/h12H,4-11,13-14H2,1-3H3,(H,23,26,27)/b15-12-. The predicted molar refractivity (Wildman–Crippen MR) is 119 cm³/mol. The SMILES string of the molecule is CCCCCCCCCCSc1nc2c(c(=O)[nH]c(=O)n2C)n1C/C=C(/C)Cl. The van der Waals surface area contributed by atoms with Crippen molar-refractivity contribution in [3.8, 4) is 0 Å². The second kappa shape index (κ2) is 11.5. The van der Waals surface area contributed by atoms with Gasteiger partial charge in [-0.15, -0.1) is 0 Å². The van der Waals surface area contributed by atoms with Crippen molar-refractivity contribution in [2.45, 2.75) is 76.9 Å². The van der Waals surface area contributed by atoms with Crippen molar-refractivity contribution in [3.63, 3.8) is 0 Å². The van der Waals surface area contributed by atoms with Crippen LogP contribution in [0.2, 0.25) is 0 Å². The molecule has 0 saturated heterocycles. The average molecular weight is 427 g/mol. The molecule has 0 saturated carbocycles. The largest absolute Gasteiger partial charge is 0.329 e. The van der Waals surface area contributed by atoms with Crippen LogP contribution in [0.1, 0.15) is 65.2 Å². The number of thioether (sulfide) groups is 1. The third kappa shape index (κ3) is 6.27. The summed E-state index contributed by atoms with van der Waals surface area (Å²) in [6.07, 6.45) is 12.0. The van der Waals surface area contributed by atoms with E-state index >= 15 is 0 Å². The molecular formula is C20H31ClN4O2S. The van der Waals surface area contributed by atoms with Crippen LogP contribution in [0.15, 0.2) is 25.9 Å². The van der Waals surface area contributed by atoms with E-state index in [2.05, 4.69) is 16.9 Å². The number of hydrogen-bond acceptors (Lipinski definition) is 4. The first-order valence-corrected chi connectivity index (χ1v) is 11.5. The maximum atomic E-state index is 12.4. The van der Waals surface area contributed by atoms with E-state index in [0.717, 1.165) is 17.3 Å². The molecule has 28 heavy (non-hydrogen) atoms. The van der Waals surface area contributed by atoms with Gasteiger partial charge in [-0.1, -0.05) is 81.3 Å². The zero-order valence-corrected chi connectivity index (χ0v) is 18.7. The smallest absolute Gasteiger partial charge is 0.309 e. The lowest BCUT2D eigenvalue weighted by molar-refractivity contribution is 0.586. The zero-order chi connectivity index (χ0) is 20.5. The molecular weight excluding hydrogens is 396 g/mol. The number of allylic oxidation sites excluding steroid dienone is 2. The van der Waals surface area contributed by atoms with E-state index in [-0.39, 0.29) is 0 Å². The molecule has 0 radical (unpaired) electrons. The van der Waals surface area contributed by atoms with Crippen molar-refractivity contribution in [1.29, 1.82) is 0 Å². The third-order valence-electron chi connectivity index (χ3n) is 4.76. The van der Waals surface area contributed by atoms with Crippen LogP contribution in [0, 0.1) is 0 Å². The molecule has 0 aromatic carbocycles. The molecule has 2 aromatic heterocycles. The van der Waals surface area contributed by atoms with Gasteiger partial charge in [0.25, 0.3) is 5.56 Å². The minimum Gasteiger partial charge on any atom is -0.309 e. The Morgan fingerprint density at radius 1 is 1.14 bits per heavy atom. The Balaban J connectivity index is 2.05. The number of rotatable bonds is 12. The van der Waals surface area contributed by atoms with Gasteiger partial charge in [-0.3, -0.25) is 14.3 Å². The van der Waals surface area contributed by atoms with Gasteiger partial charge in [0.15, 0.2) is 16.3 Å². The maximum absolute atomic E-state index is 12.4. The summed E-state index contributed by atoms with van der Waals surface area (Å²) in [4.78, 5) is 31.2. The molecule has 0 aliphatic rings. The Morgan fingerprint density at radius 2 is 1.79 bits per heavy atom. The first-order chi connectivity index (χ1) is 13.5. The van der Waals surface area contributed by atoms with Crippen LogP contribution in [0.25, 0.3) is 11.2 Å². The van der Waals surface area contributed by atoms with Gasteiger partial charge < -0.3 is 4.57 Å². The van der Waals surface area contributed by atoms with Gasteiger partial charge in [-0.05, 0) is 13.3 Å². The fourth-order valence-corrected chi connectivity index (χ4v) is 4.18. The van der Waals surface area contributed by atoms with Gasteiger partial charge >= 0.3 is 5.69 Å². The van der Waals surface area contributed by atoms with Gasteiger partial charge in [0, 0.05) is 24.4 Å². The van der Waals surface area contributed by atoms with Crippen LogP contribution >= 0.6 is 23.4 Å². The first-order valence-electron chi connectivity index (χ1n) is 10.1. The molecule has 2 heterocycles. The number of aromatic nitrogens is 4. The molecule has 0 aliphatic heterocycles. The van der Waals surface area contributed by atoms with Crippen LogP contribution in [-0.2, 0) is 13.6 Å². The number of hydrogen-bond donors (Lipinski definition) is 1. The summed E-state index contributed by atoms with van der Waals surface area (Å²) in [5.41, 5.74) is -0.0431. The van der Waals surface area contributed by atoms with Gasteiger partial charge in [0.05, 0.1) is 0 Å². The van der Waals surface area contributed by atoms with Crippen molar-refractivity contribution < 1.29 is 0 Å². The second-order valence-electron chi connectivity index (χ2n) is 7.11. The molecule has 6 nitrogen and oxygen atoms in total. The molecule has 0 amide bonds. The highest BCUT2D eigenvalue weighted by Crippen LogP contribution is 2.23. The van der Waals surface area contributed by atoms with Crippen LogP contribution in [0.3, 0.4) is 0 Å². The zero-order valence-electron chi connectivity index (χ0n) is 17.1. The summed E-state index contributed by atoms with van der Waals surface area (Å²) in [6.45, 7) is 4.49. The molecule has 0 fully saturated rings. The van der Waals surface area contributed by atoms with Crippen LogP contribution in [-0.4, -0.2) is 24.9 Å². The molecule has 2 aromatic rings. The number of imidazole rings is 1. The van der Waals surface area contributed by atoms with E-state index in [1.807, 2.05) is 10.6 Å². The Kier molecular flexibility index (Phi) is 9.38. The van der Waals surface area contributed by atoms with Crippen molar-refractivity contribution in [2.24, 2.45) is 7.05 Å². The highest BCUT2D eigenvalue weighted by atomic mass is 35.5. The van der Waals surface area contributed by atoms with Gasteiger partial charge in [-0.2, -0.15) is 0 Å². The van der Waals surface area contributed by atoms with Crippen molar-refractivity contribution in [1.82, 2.24) is 19.1 Å². The van der Waals surface area contributed by atoms with E-state index in [1.54, 1.807) is 25.7 Å². The number of unbranched alkanes of at least 4 members (excludes halogenated alkanes) is 7. The van der Waals surface area contributed by atoms with E-state index in [1.165, 1.54) is 49.5 Å². The highest BCUT2D eigenvalue weighted by Gasteiger charge is 2.16. The molecule has 1 N–H and O–H groups in total. The first kappa shape index (κ1) is 22.8. The third-order valence-corrected chi connectivity index (χ3v) is 5.97. The van der Waals surface area contributed by atoms with E-state index in [0.29, 0.717) is 22.7 Å². The Bertz CT molecular complexity index is 909. The quantitative estimate of drug-likeness (QED) is 0.391. The summed E-state index contributed by atoms with van der Waals surface area (Å²) in [5, 5.41) is 1.40. The van der Waals surface area contributed by atoms with E-state index in [9.17, 15) is 9.59 Å². The molecule has 0 unspecified atom stereocenters. The minimum absolute atomic E-state index is 0.410. The maximum Gasteiger partial charge on any atom is 0.329 e. The topological polar surface area (TPSA) is 72.7 Å². The number of fused-ring (bicyclic) bond motifs is 1. The molecule has 2 rings (SSSR count). The summed E-state index contributed by atoms with van der Waals surface area (Å²) in [6, 6.07) is 0. The normalized spacial score (nSPS) is 12.2. The van der Waals surface area contributed by atoms with Crippen LogP contribution in [0.4, 0.5) is 0 Å². The average Bonchev–Trinajstić information content (AvgIpc) is 3.02. The molecule has 0 spiro atoms. The number of nitrogens with one attached hydrogen (secondary N) is 1. The lowest BCUT2D eigenvalue weighted by atomic mass is 10.1. The number of H-pyrrole nitrogens is 1. The Morgan fingerprint density at radius 3 is 2.43 bits per heavy atom. The van der Waals surface area contributed by atoms with Gasteiger partial charge in [-0.25, -0.2) is 9.78 Å². The van der Waals surface area contributed by atoms with Crippen molar-refractivity contribution >= 4 is 34.5 Å². The molecule has 0 bridgehead atoms. The van der Waals surface area contributed by atoms with Crippen molar-refractivity contribution in [3.05, 3.63) is 31.9 Å².